The third kappa shape index (κ3) is 4.66. The Balaban J connectivity index is 2.12. The van der Waals surface area contributed by atoms with Gasteiger partial charge in [0, 0.05) is 6.20 Å². The van der Waals surface area contributed by atoms with Gasteiger partial charge in [0.05, 0.1) is 11.6 Å². The minimum absolute atomic E-state index is 0.0600. The zero-order valence-corrected chi connectivity index (χ0v) is 13.4. The quantitative estimate of drug-likeness (QED) is 0.812. The smallest absolute Gasteiger partial charge is 0.387 e. The standard InChI is InChI=1S/C16H16F2N2O2S/c1-10(11-5-3-6-12(9-11)22-16(17)18)20-14(21)13-7-4-8-19-15(13)23-2/h3-10,16H,1-2H3,(H,20,21). The highest BCUT2D eigenvalue weighted by atomic mass is 32.2. The van der Waals surface area contributed by atoms with Gasteiger partial charge in [0.1, 0.15) is 10.8 Å². The monoisotopic (exact) mass is 338 g/mol. The molecule has 122 valence electrons. The molecule has 23 heavy (non-hydrogen) atoms. The van der Waals surface area contributed by atoms with Crippen LogP contribution in [-0.2, 0) is 0 Å². The number of alkyl halides is 2. The molecule has 0 saturated heterocycles. The fourth-order valence-corrected chi connectivity index (χ4v) is 2.59. The molecule has 0 aliphatic heterocycles. The number of amides is 1. The van der Waals surface area contributed by atoms with Gasteiger partial charge in [-0.2, -0.15) is 8.78 Å². The van der Waals surface area contributed by atoms with Crippen molar-refractivity contribution < 1.29 is 18.3 Å². The molecule has 0 aliphatic rings. The molecule has 2 rings (SSSR count). The minimum atomic E-state index is -2.88. The van der Waals surface area contributed by atoms with Crippen LogP contribution in [0.4, 0.5) is 8.78 Å². The SMILES string of the molecule is CSc1ncccc1C(=O)NC(C)c1cccc(OC(F)F)c1. The van der Waals surface area contributed by atoms with Crippen molar-refractivity contribution in [3.63, 3.8) is 0 Å². The summed E-state index contributed by atoms with van der Waals surface area (Å²) in [6, 6.07) is 9.29. The zero-order chi connectivity index (χ0) is 16.8. The second kappa shape index (κ2) is 7.92. The predicted molar refractivity (Wildman–Crippen MR) is 85.0 cm³/mol. The first kappa shape index (κ1) is 17.2. The molecule has 0 bridgehead atoms. The number of hydrogen-bond acceptors (Lipinski definition) is 4. The lowest BCUT2D eigenvalue weighted by molar-refractivity contribution is -0.0499. The van der Waals surface area contributed by atoms with E-state index in [0.29, 0.717) is 16.2 Å². The first-order valence-corrected chi connectivity index (χ1v) is 8.08. The maximum atomic E-state index is 12.4. The van der Waals surface area contributed by atoms with Gasteiger partial charge in [-0.25, -0.2) is 4.98 Å². The average molecular weight is 338 g/mol. The summed E-state index contributed by atoms with van der Waals surface area (Å²) in [6.45, 7) is -1.11. The van der Waals surface area contributed by atoms with E-state index in [1.165, 1.54) is 23.9 Å². The number of carbonyl (C=O) groups is 1. The molecular formula is C16H16F2N2O2S. The van der Waals surface area contributed by atoms with Crippen molar-refractivity contribution in [1.29, 1.82) is 0 Å². The average Bonchev–Trinajstić information content (AvgIpc) is 2.54. The summed E-state index contributed by atoms with van der Waals surface area (Å²) in [5.74, 6) is -0.208. The van der Waals surface area contributed by atoms with Crippen LogP contribution in [0.25, 0.3) is 0 Å². The van der Waals surface area contributed by atoms with E-state index in [-0.39, 0.29) is 17.7 Å². The van der Waals surface area contributed by atoms with Gasteiger partial charge in [-0.3, -0.25) is 4.79 Å². The number of carbonyl (C=O) groups excluding carboxylic acids is 1. The van der Waals surface area contributed by atoms with E-state index in [1.807, 2.05) is 6.26 Å². The highest BCUT2D eigenvalue weighted by Gasteiger charge is 2.16. The second-order valence-electron chi connectivity index (χ2n) is 4.71. The van der Waals surface area contributed by atoms with Gasteiger partial charge < -0.3 is 10.1 Å². The Bertz CT molecular complexity index is 683. The molecule has 4 nitrogen and oxygen atoms in total. The van der Waals surface area contributed by atoms with E-state index in [1.54, 1.807) is 37.4 Å². The van der Waals surface area contributed by atoms with Crippen LogP contribution in [0.15, 0.2) is 47.6 Å². The molecule has 2 aromatic rings. The fraction of sp³-hybridized carbons (Fsp3) is 0.250. The molecule has 0 saturated carbocycles. The highest BCUT2D eigenvalue weighted by molar-refractivity contribution is 7.98. The van der Waals surface area contributed by atoms with E-state index < -0.39 is 6.61 Å². The number of rotatable bonds is 6. The fourth-order valence-electron chi connectivity index (χ4n) is 2.04. The molecule has 1 N–H and O–H groups in total. The van der Waals surface area contributed by atoms with Crippen molar-refractivity contribution in [2.24, 2.45) is 0 Å². The summed E-state index contributed by atoms with van der Waals surface area (Å²) in [5.41, 5.74) is 1.15. The summed E-state index contributed by atoms with van der Waals surface area (Å²) in [6.07, 6.45) is 3.46. The van der Waals surface area contributed by atoms with Gasteiger partial charge in [-0.15, -0.1) is 11.8 Å². The van der Waals surface area contributed by atoms with E-state index in [4.69, 9.17) is 0 Å². The molecule has 1 heterocycles. The Morgan fingerprint density at radius 2 is 2.09 bits per heavy atom. The third-order valence-corrected chi connectivity index (χ3v) is 3.85. The van der Waals surface area contributed by atoms with Crippen LogP contribution in [0.5, 0.6) is 5.75 Å². The Kier molecular flexibility index (Phi) is 5.92. The summed E-state index contributed by atoms with van der Waals surface area (Å²) in [4.78, 5) is 16.5. The highest BCUT2D eigenvalue weighted by Crippen LogP contribution is 2.22. The summed E-state index contributed by atoms with van der Waals surface area (Å²) >= 11 is 1.38. The van der Waals surface area contributed by atoms with E-state index in [0.717, 1.165) is 0 Å². The molecule has 0 aliphatic carbocycles. The summed E-state index contributed by atoms with van der Waals surface area (Å²) < 4.78 is 28.9. The zero-order valence-electron chi connectivity index (χ0n) is 12.6. The van der Waals surface area contributed by atoms with Crippen molar-refractivity contribution in [3.05, 3.63) is 53.7 Å². The number of halogens is 2. The molecule has 1 aromatic carbocycles. The van der Waals surface area contributed by atoms with Gasteiger partial charge in [0.15, 0.2) is 0 Å². The van der Waals surface area contributed by atoms with Gasteiger partial charge in [-0.05, 0) is 43.0 Å². The largest absolute Gasteiger partial charge is 0.435 e. The van der Waals surface area contributed by atoms with E-state index in [2.05, 4.69) is 15.0 Å². The van der Waals surface area contributed by atoms with Crippen molar-refractivity contribution in [3.8, 4) is 5.75 Å². The molecule has 1 aromatic heterocycles. The maximum absolute atomic E-state index is 12.4. The number of benzene rings is 1. The van der Waals surface area contributed by atoms with Gasteiger partial charge in [-0.1, -0.05) is 12.1 Å². The predicted octanol–water partition coefficient (Wildman–Crippen LogP) is 3.90. The lowest BCUT2D eigenvalue weighted by Crippen LogP contribution is -2.27. The van der Waals surface area contributed by atoms with E-state index in [9.17, 15) is 13.6 Å². The Morgan fingerprint density at radius 3 is 2.78 bits per heavy atom. The number of thioether (sulfide) groups is 1. The molecule has 1 amide bonds. The first-order chi connectivity index (χ1) is 11.0. The third-order valence-electron chi connectivity index (χ3n) is 3.14. The molecule has 0 fully saturated rings. The van der Waals surface area contributed by atoms with Crippen LogP contribution >= 0.6 is 11.8 Å². The van der Waals surface area contributed by atoms with Crippen LogP contribution in [0.3, 0.4) is 0 Å². The normalized spacial score (nSPS) is 12.0. The molecule has 0 spiro atoms. The molecule has 0 radical (unpaired) electrons. The Hall–Kier alpha value is -2.15. The molecule has 7 heteroatoms. The summed E-state index contributed by atoms with van der Waals surface area (Å²) in [5, 5.41) is 3.46. The second-order valence-corrected chi connectivity index (χ2v) is 5.50. The van der Waals surface area contributed by atoms with Gasteiger partial charge in [0.2, 0.25) is 0 Å². The number of nitrogens with one attached hydrogen (secondary N) is 1. The van der Waals surface area contributed by atoms with Crippen LogP contribution in [0, 0.1) is 0 Å². The van der Waals surface area contributed by atoms with Crippen LogP contribution in [0.2, 0.25) is 0 Å². The lowest BCUT2D eigenvalue weighted by atomic mass is 10.1. The Morgan fingerprint density at radius 1 is 1.30 bits per heavy atom. The van der Waals surface area contributed by atoms with Crippen LogP contribution in [0.1, 0.15) is 28.9 Å². The van der Waals surface area contributed by atoms with Crippen molar-refractivity contribution in [2.75, 3.05) is 6.26 Å². The number of nitrogens with zero attached hydrogens (tertiary/aromatic N) is 1. The van der Waals surface area contributed by atoms with Crippen LogP contribution < -0.4 is 10.1 Å². The first-order valence-electron chi connectivity index (χ1n) is 6.86. The van der Waals surface area contributed by atoms with Crippen molar-refractivity contribution in [2.45, 2.75) is 24.6 Å². The topological polar surface area (TPSA) is 51.2 Å². The van der Waals surface area contributed by atoms with Crippen molar-refractivity contribution in [1.82, 2.24) is 10.3 Å². The van der Waals surface area contributed by atoms with Crippen LogP contribution in [-0.4, -0.2) is 23.8 Å². The lowest BCUT2D eigenvalue weighted by Gasteiger charge is -2.16. The van der Waals surface area contributed by atoms with E-state index >= 15 is 0 Å². The Labute approximate surface area is 137 Å². The minimum Gasteiger partial charge on any atom is -0.435 e. The number of aromatic nitrogens is 1. The maximum Gasteiger partial charge on any atom is 0.387 e. The molecule has 1 atom stereocenters. The van der Waals surface area contributed by atoms with Gasteiger partial charge >= 0.3 is 6.61 Å². The number of hydrogen-bond donors (Lipinski definition) is 1. The molecular weight excluding hydrogens is 322 g/mol. The number of ether oxygens (including phenoxy) is 1. The van der Waals surface area contributed by atoms with Crippen molar-refractivity contribution >= 4 is 17.7 Å². The molecule has 1 unspecified atom stereocenters. The summed E-state index contributed by atoms with van der Waals surface area (Å²) in [7, 11) is 0. The number of pyridine rings is 1. The van der Waals surface area contributed by atoms with Gasteiger partial charge in [0.25, 0.3) is 5.91 Å².